The topological polar surface area (TPSA) is 39.7 Å². The summed E-state index contributed by atoms with van der Waals surface area (Å²) in [6.45, 7) is 4.54. The third-order valence-corrected chi connectivity index (χ3v) is 5.13. The summed E-state index contributed by atoms with van der Waals surface area (Å²) in [6, 6.07) is 0.519. The van der Waals surface area contributed by atoms with Gasteiger partial charge in [-0.2, -0.15) is 5.10 Å². The molecule has 0 spiro atoms. The van der Waals surface area contributed by atoms with Crippen LogP contribution in [0.3, 0.4) is 0 Å². The first-order chi connectivity index (χ1) is 11.8. The van der Waals surface area contributed by atoms with Crippen LogP contribution in [0, 0.1) is 0 Å². The molecule has 1 atom stereocenters. The minimum Gasteiger partial charge on any atom is -0.275 e. The molecule has 2 N–H and O–H groups in total. The molecule has 0 aromatic carbocycles. The van der Waals surface area contributed by atoms with Crippen molar-refractivity contribution < 1.29 is 0 Å². The number of hydrogen-bond acceptors (Lipinski definition) is 4. The number of nitrogens with one attached hydrogen (secondary N) is 2. The number of hydrazine groups is 2. The van der Waals surface area contributed by atoms with Gasteiger partial charge in [0.15, 0.2) is 0 Å². The van der Waals surface area contributed by atoms with Crippen LogP contribution in [0.25, 0.3) is 0 Å². The van der Waals surface area contributed by atoms with Gasteiger partial charge in [0.25, 0.3) is 0 Å². The zero-order valence-electron chi connectivity index (χ0n) is 16.4. The Balaban J connectivity index is 1.71. The smallest absolute Gasteiger partial charge is 0.128 e. The summed E-state index contributed by atoms with van der Waals surface area (Å²) in [5, 5.41) is 5.99. The molecule has 0 aliphatic carbocycles. The van der Waals surface area contributed by atoms with E-state index in [-0.39, 0.29) is 0 Å². The molecule has 1 aliphatic rings. The van der Waals surface area contributed by atoms with Crippen LogP contribution in [0.4, 0.5) is 0 Å². The van der Waals surface area contributed by atoms with Gasteiger partial charge in [0.2, 0.25) is 0 Å². The Labute approximate surface area is 150 Å². The fourth-order valence-electron chi connectivity index (χ4n) is 3.38. The van der Waals surface area contributed by atoms with Crippen LogP contribution in [-0.2, 0) is 0 Å². The molecule has 1 unspecified atom stereocenters. The van der Waals surface area contributed by atoms with E-state index in [0.717, 1.165) is 0 Å². The van der Waals surface area contributed by atoms with E-state index in [9.17, 15) is 0 Å². The molecule has 0 aromatic rings. The monoisotopic (exact) mass is 338 g/mol. The quantitative estimate of drug-likeness (QED) is 0.324. The lowest BCUT2D eigenvalue weighted by molar-refractivity contribution is 0.225. The third-order valence-electron chi connectivity index (χ3n) is 5.13. The highest BCUT2D eigenvalue weighted by Gasteiger charge is 2.12. The molecular formula is C20H42N4. The van der Waals surface area contributed by atoms with Crippen LogP contribution in [0.15, 0.2) is 5.10 Å². The fraction of sp³-hybridized carbons (Fsp3) is 0.950. The van der Waals surface area contributed by atoms with Crippen LogP contribution in [0.5, 0.6) is 0 Å². The zero-order valence-corrected chi connectivity index (χ0v) is 16.4. The molecule has 0 bridgehead atoms. The summed E-state index contributed by atoms with van der Waals surface area (Å²) in [7, 11) is 0. The highest BCUT2D eigenvalue weighted by Crippen LogP contribution is 2.14. The van der Waals surface area contributed by atoms with Gasteiger partial charge in [-0.25, -0.2) is 5.53 Å². The maximum Gasteiger partial charge on any atom is 0.128 e. The molecule has 1 heterocycles. The first-order valence-corrected chi connectivity index (χ1v) is 10.7. The van der Waals surface area contributed by atoms with Gasteiger partial charge in [0.1, 0.15) is 6.34 Å². The molecule has 4 nitrogen and oxygen atoms in total. The Kier molecular flexibility index (Phi) is 14.0. The van der Waals surface area contributed by atoms with Crippen LogP contribution >= 0.6 is 0 Å². The predicted molar refractivity (Wildman–Crippen MR) is 106 cm³/mol. The Morgan fingerprint density at radius 1 is 0.750 bits per heavy atom. The highest BCUT2D eigenvalue weighted by atomic mass is 15.8. The lowest BCUT2D eigenvalue weighted by atomic mass is 10.0. The number of rotatable bonds is 17. The zero-order chi connectivity index (χ0) is 17.3. The van der Waals surface area contributed by atoms with Gasteiger partial charge >= 0.3 is 0 Å². The predicted octanol–water partition coefficient (Wildman–Crippen LogP) is 5.90. The van der Waals surface area contributed by atoms with Crippen LogP contribution in [0.1, 0.15) is 117 Å². The van der Waals surface area contributed by atoms with Gasteiger partial charge in [-0.1, -0.05) is 103 Å². The molecule has 0 amide bonds. The van der Waals surface area contributed by atoms with Crippen molar-refractivity contribution in [1.29, 1.82) is 0 Å². The lowest BCUT2D eigenvalue weighted by Crippen LogP contribution is -2.43. The van der Waals surface area contributed by atoms with E-state index in [2.05, 4.69) is 30.0 Å². The van der Waals surface area contributed by atoms with Gasteiger partial charge in [0, 0.05) is 6.04 Å². The number of hydrogen-bond donors (Lipinski definition) is 2. The maximum absolute atomic E-state index is 3.95. The molecule has 4 heteroatoms. The molecular weight excluding hydrogens is 296 g/mol. The van der Waals surface area contributed by atoms with Gasteiger partial charge in [-0.05, 0) is 13.3 Å². The van der Waals surface area contributed by atoms with Crippen LogP contribution < -0.4 is 11.1 Å². The molecule has 0 saturated heterocycles. The standard InChI is InChI=1S/C20H42N4/c1-3-4-5-6-7-8-9-10-11-12-13-14-15-16-17-18-20(2)24-19-21-22-23-24/h19-20,22-23H,3-18H2,1-2H3. The highest BCUT2D eigenvalue weighted by molar-refractivity contribution is 5.55. The second kappa shape index (κ2) is 15.7. The molecule has 0 saturated carbocycles. The van der Waals surface area contributed by atoms with Crippen LogP contribution in [0.2, 0.25) is 0 Å². The third kappa shape index (κ3) is 11.7. The van der Waals surface area contributed by atoms with Crippen molar-refractivity contribution in [2.45, 2.75) is 123 Å². The Hall–Kier alpha value is -0.770. The van der Waals surface area contributed by atoms with Gasteiger partial charge < -0.3 is 0 Å². The summed E-state index contributed by atoms with van der Waals surface area (Å²) in [4.78, 5) is 0. The normalized spacial score (nSPS) is 15.0. The van der Waals surface area contributed by atoms with Gasteiger partial charge in [-0.15, -0.1) is 5.53 Å². The average molecular weight is 339 g/mol. The molecule has 1 rings (SSSR count). The summed E-state index contributed by atoms with van der Waals surface area (Å²) >= 11 is 0. The van der Waals surface area contributed by atoms with E-state index < -0.39 is 0 Å². The second-order valence-corrected chi connectivity index (χ2v) is 7.46. The van der Waals surface area contributed by atoms with E-state index >= 15 is 0 Å². The molecule has 0 radical (unpaired) electrons. The largest absolute Gasteiger partial charge is 0.275 e. The first kappa shape index (κ1) is 21.3. The van der Waals surface area contributed by atoms with E-state index in [1.807, 2.05) is 11.3 Å². The summed E-state index contributed by atoms with van der Waals surface area (Å²) in [6.07, 6.45) is 24.5. The average Bonchev–Trinajstić information content (AvgIpc) is 3.13. The van der Waals surface area contributed by atoms with Crippen molar-refractivity contribution in [3.8, 4) is 0 Å². The number of unbranched alkanes of at least 4 members (excludes halogenated alkanes) is 14. The fourth-order valence-corrected chi connectivity index (χ4v) is 3.38. The molecule has 24 heavy (non-hydrogen) atoms. The van der Waals surface area contributed by atoms with Crippen LogP contribution in [-0.4, -0.2) is 17.4 Å². The number of hydrazone groups is 1. The van der Waals surface area contributed by atoms with Crippen molar-refractivity contribution in [2.24, 2.45) is 5.10 Å². The van der Waals surface area contributed by atoms with Crippen molar-refractivity contribution >= 4 is 6.34 Å². The van der Waals surface area contributed by atoms with E-state index in [1.165, 1.54) is 103 Å². The van der Waals surface area contributed by atoms with Crippen molar-refractivity contribution in [3.05, 3.63) is 0 Å². The molecule has 142 valence electrons. The molecule has 1 aliphatic heterocycles. The lowest BCUT2D eigenvalue weighted by Gasteiger charge is -2.21. The minimum atomic E-state index is 0.519. The van der Waals surface area contributed by atoms with E-state index in [0.29, 0.717) is 6.04 Å². The molecule has 0 aromatic heterocycles. The Bertz CT molecular complexity index is 293. The summed E-state index contributed by atoms with van der Waals surface area (Å²) < 4.78 is 0. The Morgan fingerprint density at radius 3 is 1.62 bits per heavy atom. The van der Waals surface area contributed by atoms with Crippen molar-refractivity contribution in [1.82, 2.24) is 16.1 Å². The van der Waals surface area contributed by atoms with Gasteiger partial charge in [-0.3, -0.25) is 5.01 Å². The summed E-state index contributed by atoms with van der Waals surface area (Å²) in [5.74, 6) is 0. The van der Waals surface area contributed by atoms with E-state index in [1.54, 1.807) is 0 Å². The minimum absolute atomic E-state index is 0.519. The molecule has 0 fully saturated rings. The number of nitrogens with zero attached hydrogens (tertiary/aromatic N) is 2. The van der Waals surface area contributed by atoms with Crippen molar-refractivity contribution in [3.63, 3.8) is 0 Å². The summed E-state index contributed by atoms with van der Waals surface area (Å²) in [5.41, 5.74) is 5.77. The second-order valence-electron chi connectivity index (χ2n) is 7.46. The SMILES string of the molecule is CCCCCCCCCCCCCCCCCC(C)N1C=NNN1. The van der Waals surface area contributed by atoms with Gasteiger partial charge in [0.05, 0.1) is 0 Å². The van der Waals surface area contributed by atoms with Crippen molar-refractivity contribution in [2.75, 3.05) is 0 Å². The van der Waals surface area contributed by atoms with E-state index in [4.69, 9.17) is 0 Å². The Morgan fingerprint density at radius 2 is 1.21 bits per heavy atom. The first-order valence-electron chi connectivity index (χ1n) is 10.7. The maximum atomic E-state index is 3.95.